The van der Waals surface area contributed by atoms with Crippen LogP contribution in [0, 0.1) is 11.3 Å². The minimum atomic E-state index is -2.10. The van der Waals surface area contributed by atoms with Crippen molar-refractivity contribution in [1.82, 2.24) is 0 Å². The number of halogens is 3. The zero-order chi connectivity index (χ0) is 28.1. The average molecular weight is 575 g/mol. The van der Waals surface area contributed by atoms with Crippen molar-refractivity contribution in [2.45, 2.75) is 106 Å². The lowest BCUT2D eigenvalue weighted by Crippen LogP contribution is -2.75. The van der Waals surface area contributed by atoms with Crippen molar-refractivity contribution in [2.24, 2.45) is 16.4 Å². The number of aliphatic hydroxyl groups is 2. The van der Waals surface area contributed by atoms with E-state index in [0.29, 0.717) is 12.8 Å². The molecule has 11 heteroatoms. The molecule has 0 bridgehead atoms. The number of Topliss-reactive ketones (excluding diaryl/α,β-unsaturated/α-hetero) is 3. The summed E-state index contributed by atoms with van der Waals surface area (Å²) in [5, 5.41) is 24.3. The molecule has 1 aliphatic heterocycles. The van der Waals surface area contributed by atoms with Gasteiger partial charge in [0.05, 0.1) is 22.2 Å². The zero-order valence-electron chi connectivity index (χ0n) is 21.7. The SMILES string of the molecule is CC1=C(O)C2=C(C(=O)[C@]3(C[C@H]4C(C)(C)[C@@H](Cl)CC[C@]4(C)O)OC(C)(C)[C@H](Cl)C[C@]3(Cl)C2=O)C(N=[N-])C1=O. The van der Waals surface area contributed by atoms with Gasteiger partial charge in [-0.1, -0.05) is 13.8 Å². The van der Waals surface area contributed by atoms with Gasteiger partial charge in [0.1, 0.15) is 16.7 Å². The molecule has 4 aliphatic rings. The average Bonchev–Trinajstić information content (AvgIpc) is 2.79. The third kappa shape index (κ3) is 3.73. The second-order valence-corrected chi connectivity index (χ2v) is 13.9. The number of nitrogens with zero attached hydrogens (tertiary/aromatic N) is 2. The largest absolute Gasteiger partial charge is 0.711 e. The number of ketones is 3. The topological polar surface area (TPSA) is 136 Å². The fraction of sp³-hybridized carbons (Fsp3) is 0.731. The Balaban J connectivity index is 2.03. The summed E-state index contributed by atoms with van der Waals surface area (Å²) in [7, 11) is 0. The molecule has 37 heavy (non-hydrogen) atoms. The van der Waals surface area contributed by atoms with Crippen molar-refractivity contribution in [3.63, 3.8) is 0 Å². The molecule has 0 radical (unpaired) electrons. The molecule has 0 aromatic rings. The van der Waals surface area contributed by atoms with Gasteiger partial charge in [-0.2, -0.15) is 0 Å². The molecule has 4 rings (SSSR count). The number of rotatable bonds is 3. The highest BCUT2D eigenvalue weighted by atomic mass is 35.5. The number of ether oxygens (including phenoxy) is 1. The first-order chi connectivity index (χ1) is 16.8. The Labute approximate surface area is 231 Å². The molecule has 2 fully saturated rings. The lowest BCUT2D eigenvalue weighted by molar-refractivity contribution is -0.215. The van der Waals surface area contributed by atoms with Gasteiger partial charge in [-0.25, -0.2) is 0 Å². The van der Waals surface area contributed by atoms with Gasteiger partial charge in [0.2, 0.25) is 0 Å². The van der Waals surface area contributed by atoms with Crippen LogP contribution in [0.3, 0.4) is 0 Å². The van der Waals surface area contributed by atoms with Gasteiger partial charge in [0, 0.05) is 16.5 Å². The summed E-state index contributed by atoms with van der Waals surface area (Å²) in [4.78, 5) is 39.6. The van der Waals surface area contributed by atoms with Crippen molar-refractivity contribution in [3.8, 4) is 0 Å². The lowest BCUT2D eigenvalue weighted by atomic mass is 9.53. The molecule has 7 atom stereocenters. The van der Waals surface area contributed by atoms with Gasteiger partial charge < -0.3 is 25.6 Å². The summed E-state index contributed by atoms with van der Waals surface area (Å²) in [5.41, 5.74) is 3.32. The van der Waals surface area contributed by atoms with Crippen molar-refractivity contribution in [2.75, 3.05) is 0 Å². The number of alkyl halides is 3. The number of hydrogen-bond acceptors (Lipinski definition) is 7. The van der Waals surface area contributed by atoms with E-state index in [9.17, 15) is 30.1 Å². The van der Waals surface area contributed by atoms with Crippen molar-refractivity contribution >= 4 is 52.2 Å². The highest BCUT2D eigenvalue weighted by molar-refractivity contribution is 6.46. The van der Waals surface area contributed by atoms with E-state index in [1.54, 1.807) is 20.8 Å². The molecule has 0 amide bonds. The standard InChI is InChI=1S/C26H32Cl3N2O6/c1-11-18(32)16-15(17(31-30)19(11)33)21(35)26(9-12-22(2,3)13(27)7-8-24(12,6)36)25(29,20(16)34)10-14(28)23(4,5)37-26/h12-14,17,32,36H,7-10H2,1-6H3/q-1/t12-,13-,14+,17?,24-,25-,26-/m0/s1. The number of allylic oxidation sites excluding steroid dienone is 1. The Morgan fingerprint density at radius 2 is 1.68 bits per heavy atom. The van der Waals surface area contributed by atoms with Gasteiger partial charge in [0.25, 0.3) is 0 Å². The third-order valence-electron chi connectivity index (χ3n) is 9.21. The van der Waals surface area contributed by atoms with Crippen LogP contribution in [0.15, 0.2) is 27.6 Å². The van der Waals surface area contributed by atoms with Crippen molar-refractivity contribution in [1.29, 1.82) is 0 Å². The van der Waals surface area contributed by atoms with E-state index in [1.165, 1.54) is 6.92 Å². The van der Waals surface area contributed by atoms with Gasteiger partial charge in [-0.3, -0.25) is 14.4 Å². The fourth-order valence-corrected chi connectivity index (χ4v) is 7.77. The van der Waals surface area contributed by atoms with E-state index in [1.807, 2.05) is 13.8 Å². The Kier molecular flexibility index (Phi) is 6.66. The number of carbonyl (C=O) groups is 3. The monoisotopic (exact) mass is 573 g/mol. The molecular formula is C26H32Cl3N2O6-. The maximum atomic E-state index is 14.6. The van der Waals surface area contributed by atoms with Gasteiger partial charge in [-0.15, -0.1) is 34.8 Å². The minimum absolute atomic E-state index is 0.189. The first-order valence-corrected chi connectivity index (χ1v) is 13.6. The fourth-order valence-electron chi connectivity index (χ4n) is 6.70. The van der Waals surface area contributed by atoms with E-state index in [0.717, 1.165) is 0 Å². The summed E-state index contributed by atoms with van der Waals surface area (Å²) >= 11 is 20.5. The van der Waals surface area contributed by atoms with E-state index in [2.05, 4.69) is 5.11 Å². The van der Waals surface area contributed by atoms with Gasteiger partial charge in [0.15, 0.2) is 23.0 Å². The van der Waals surface area contributed by atoms with Crippen LogP contribution < -0.4 is 0 Å². The predicted octanol–water partition coefficient (Wildman–Crippen LogP) is 4.95. The first-order valence-electron chi connectivity index (χ1n) is 12.3. The van der Waals surface area contributed by atoms with Gasteiger partial charge >= 0.3 is 0 Å². The summed E-state index contributed by atoms with van der Waals surface area (Å²) in [6.07, 6.45) is 0.469. The van der Waals surface area contributed by atoms with Crippen LogP contribution in [-0.4, -0.2) is 66.0 Å². The molecule has 3 aliphatic carbocycles. The predicted molar refractivity (Wildman–Crippen MR) is 139 cm³/mol. The summed E-state index contributed by atoms with van der Waals surface area (Å²) < 4.78 is 6.47. The summed E-state index contributed by atoms with van der Waals surface area (Å²) in [5.74, 6) is -3.89. The number of aliphatic hydroxyl groups excluding tert-OH is 1. The summed E-state index contributed by atoms with van der Waals surface area (Å²) in [6.45, 7) is 10.0. The molecule has 204 valence electrons. The second-order valence-electron chi connectivity index (χ2n) is 12.2. The van der Waals surface area contributed by atoms with Crippen molar-refractivity contribution < 1.29 is 29.3 Å². The Hall–Kier alpha value is -1.32. The number of fused-ring (bicyclic) bond motifs is 1. The van der Waals surface area contributed by atoms with Crippen LogP contribution in [-0.2, 0) is 19.1 Å². The molecule has 1 saturated heterocycles. The maximum absolute atomic E-state index is 14.6. The second kappa shape index (κ2) is 8.59. The van der Waals surface area contributed by atoms with Crippen LogP contribution >= 0.6 is 34.8 Å². The highest BCUT2D eigenvalue weighted by Gasteiger charge is 2.73. The Morgan fingerprint density at radius 1 is 1.08 bits per heavy atom. The minimum Gasteiger partial charge on any atom is -0.711 e. The van der Waals surface area contributed by atoms with E-state index in [4.69, 9.17) is 39.5 Å². The molecule has 1 unspecified atom stereocenters. The Morgan fingerprint density at radius 3 is 2.24 bits per heavy atom. The molecule has 0 spiro atoms. The molecule has 2 N–H and O–H groups in total. The quantitative estimate of drug-likeness (QED) is 0.362. The maximum Gasteiger partial charge on any atom is 0.196 e. The van der Waals surface area contributed by atoms with Crippen LogP contribution in [0.4, 0.5) is 0 Å². The van der Waals surface area contributed by atoms with Crippen LogP contribution in [0.5, 0.6) is 0 Å². The first kappa shape index (κ1) is 28.7. The smallest absolute Gasteiger partial charge is 0.196 e. The third-order valence-corrected chi connectivity index (χ3v) is 11.3. The molecule has 1 saturated carbocycles. The highest BCUT2D eigenvalue weighted by Crippen LogP contribution is 2.61. The molecule has 0 aromatic carbocycles. The van der Waals surface area contributed by atoms with Gasteiger partial charge in [-0.05, 0) is 64.7 Å². The summed E-state index contributed by atoms with van der Waals surface area (Å²) in [6, 6.07) is -1.73. The normalized spacial score (nSPS) is 43.5. The molecule has 1 heterocycles. The zero-order valence-corrected chi connectivity index (χ0v) is 24.0. The van der Waals surface area contributed by atoms with Crippen LogP contribution in [0.25, 0.3) is 5.53 Å². The lowest BCUT2D eigenvalue weighted by Gasteiger charge is -2.61. The van der Waals surface area contributed by atoms with Crippen LogP contribution in [0.2, 0.25) is 0 Å². The number of hydrogen-bond donors (Lipinski definition) is 2. The van der Waals surface area contributed by atoms with Crippen LogP contribution in [0.1, 0.15) is 67.2 Å². The number of carbonyl (C=O) groups excluding carboxylic acids is 3. The molecule has 8 nitrogen and oxygen atoms in total. The Bertz CT molecular complexity index is 1170. The molecular weight excluding hydrogens is 543 g/mol. The van der Waals surface area contributed by atoms with Crippen molar-refractivity contribution in [3.05, 3.63) is 28.0 Å². The molecule has 0 aromatic heterocycles. The van der Waals surface area contributed by atoms with E-state index >= 15 is 0 Å². The van der Waals surface area contributed by atoms with E-state index in [-0.39, 0.29) is 23.8 Å². The van der Waals surface area contributed by atoms with E-state index < -0.39 is 78.7 Å².